The molecule has 0 atom stereocenters. The van der Waals surface area contributed by atoms with Gasteiger partial charge in [-0.2, -0.15) is 0 Å². The monoisotopic (exact) mass is 445 g/mol. The van der Waals surface area contributed by atoms with E-state index in [1.165, 1.54) is 81.3 Å². The summed E-state index contributed by atoms with van der Waals surface area (Å²) in [5, 5.41) is 12.0. The SMILES string of the molecule is CCCCCCCCCCCCS(=O)(=O)c1ccc(C(=O)Nc2ccc(O)cc2)cc1. The van der Waals surface area contributed by atoms with Crippen molar-refractivity contribution in [1.82, 2.24) is 0 Å². The van der Waals surface area contributed by atoms with Gasteiger partial charge in [-0.1, -0.05) is 64.7 Å². The van der Waals surface area contributed by atoms with E-state index in [1.807, 2.05) is 0 Å². The number of rotatable bonds is 14. The summed E-state index contributed by atoms with van der Waals surface area (Å²) in [5.74, 6) is -0.0676. The maximum absolute atomic E-state index is 12.5. The Bertz CT molecular complexity index is 890. The van der Waals surface area contributed by atoms with Crippen LogP contribution in [0.25, 0.3) is 0 Å². The first kappa shape index (κ1) is 24.9. The molecule has 0 aromatic heterocycles. The summed E-state index contributed by atoms with van der Waals surface area (Å²) >= 11 is 0. The molecule has 0 saturated heterocycles. The van der Waals surface area contributed by atoms with Crippen molar-refractivity contribution < 1.29 is 18.3 Å². The fraction of sp³-hybridized carbons (Fsp3) is 0.480. The van der Waals surface area contributed by atoms with Crippen LogP contribution in [0.5, 0.6) is 5.75 Å². The second kappa shape index (κ2) is 13.2. The van der Waals surface area contributed by atoms with E-state index < -0.39 is 9.84 Å². The van der Waals surface area contributed by atoms with Crippen molar-refractivity contribution in [2.75, 3.05) is 11.1 Å². The molecule has 2 rings (SSSR count). The van der Waals surface area contributed by atoms with Gasteiger partial charge in [0, 0.05) is 11.3 Å². The van der Waals surface area contributed by atoms with Crippen molar-refractivity contribution in [3.05, 3.63) is 54.1 Å². The first-order valence-corrected chi connectivity index (χ1v) is 13.0. The van der Waals surface area contributed by atoms with Crippen LogP contribution in [0.15, 0.2) is 53.4 Å². The lowest BCUT2D eigenvalue weighted by Crippen LogP contribution is -2.12. The second-order valence-corrected chi connectivity index (χ2v) is 10.1. The number of anilines is 1. The van der Waals surface area contributed by atoms with Crippen molar-refractivity contribution in [2.45, 2.75) is 76.0 Å². The predicted molar refractivity (Wildman–Crippen MR) is 126 cm³/mol. The molecule has 170 valence electrons. The number of nitrogens with one attached hydrogen (secondary N) is 1. The normalized spacial score (nSPS) is 11.4. The molecule has 6 heteroatoms. The average molecular weight is 446 g/mol. The smallest absolute Gasteiger partial charge is 0.255 e. The Hall–Kier alpha value is -2.34. The Morgan fingerprint density at radius 2 is 1.29 bits per heavy atom. The van der Waals surface area contributed by atoms with Crippen molar-refractivity contribution in [3.63, 3.8) is 0 Å². The Kier molecular flexibility index (Phi) is 10.6. The lowest BCUT2D eigenvalue weighted by atomic mass is 10.1. The largest absolute Gasteiger partial charge is 0.508 e. The fourth-order valence-corrected chi connectivity index (χ4v) is 4.83. The van der Waals surface area contributed by atoms with Gasteiger partial charge in [-0.3, -0.25) is 4.79 Å². The third kappa shape index (κ3) is 9.13. The van der Waals surface area contributed by atoms with E-state index in [0.29, 0.717) is 17.7 Å². The topological polar surface area (TPSA) is 83.5 Å². The maximum Gasteiger partial charge on any atom is 0.255 e. The van der Waals surface area contributed by atoms with Gasteiger partial charge in [-0.15, -0.1) is 0 Å². The summed E-state index contributed by atoms with van der Waals surface area (Å²) in [7, 11) is -3.33. The minimum Gasteiger partial charge on any atom is -0.508 e. The summed E-state index contributed by atoms with van der Waals surface area (Å²) in [4.78, 5) is 12.6. The van der Waals surface area contributed by atoms with E-state index in [2.05, 4.69) is 12.2 Å². The maximum atomic E-state index is 12.5. The summed E-state index contributed by atoms with van der Waals surface area (Å²) in [6, 6.07) is 12.2. The number of carbonyl (C=O) groups is 1. The zero-order valence-electron chi connectivity index (χ0n) is 18.5. The molecule has 1 amide bonds. The molecule has 0 saturated carbocycles. The number of hydrogen-bond acceptors (Lipinski definition) is 4. The quantitative estimate of drug-likeness (QED) is 0.262. The summed E-state index contributed by atoms with van der Waals surface area (Å²) in [5.41, 5.74) is 0.936. The molecule has 2 aromatic rings. The predicted octanol–water partition coefficient (Wildman–Crippen LogP) is 6.34. The van der Waals surface area contributed by atoms with E-state index >= 15 is 0 Å². The third-order valence-corrected chi connectivity index (χ3v) is 7.18. The summed E-state index contributed by atoms with van der Waals surface area (Å²) < 4.78 is 25.1. The van der Waals surface area contributed by atoms with Gasteiger partial charge in [-0.25, -0.2) is 8.42 Å². The number of aromatic hydroxyl groups is 1. The van der Waals surface area contributed by atoms with Crippen LogP contribution in [0.1, 0.15) is 81.5 Å². The number of sulfone groups is 1. The van der Waals surface area contributed by atoms with E-state index in [0.717, 1.165) is 12.8 Å². The van der Waals surface area contributed by atoms with Crippen LogP contribution in [-0.2, 0) is 9.84 Å². The number of unbranched alkanes of at least 4 members (excludes halogenated alkanes) is 9. The van der Waals surface area contributed by atoms with E-state index in [1.54, 1.807) is 12.1 Å². The molecule has 0 heterocycles. The standard InChI is InChI=1S/C25H35NO4S/c1-2-3-4-5-6-7-8-9-10-11-20-31(29,30)24-18-12-21(13-19-24)25(28)26-22-14-16-23(27)17-15-22/h12-19,27H,2-11,20H2,1H3,(H,26,28). The van der Waals surface area contributed by atoms with E-state index in [4.69, 9.17) is 0 Å². The van der Waals surface area contributed by atoms with Gasteiger partial charge >= 0.3 is 0 Å². The van der Waals surface area contributed by atoms with Gasteiger partial charge in [0.2, 0.25) is 0 Å². The molecule has 0 bridgehead atoms. The van der Waals surface area contributed by atoms with Gasteiger partial charge in [0.15, 0.2) is 9.84 Å². The molecule has 0 spiro atoms. The Balaban J connectivity index is 1.72. The minimum absolute atomic E-state index is 0.120. The number of benzene rings is 2. The van der Waals surface area contributed by atoms with Crippen LogP contribution in [0, 0.1) is 0 Å². The van der Waals surface area contributed by atoms with Crippen LogP contribution in [-0.4, -0.2) is 25.2 Å². The number of phenolic OH excluding ortho intramolecular Hbond substituents is 1. The van der Waals surface area contributed by atoms with Crippen molar-refractivity contribution in [2.24, 2.45) is 0 Å². The van der Waals surface area contributed by atoms with E-state index in [-0.39, 0.29) is 22.3 Å². The number of amides is 1. The van der Waals surface area contributed by atoms with Gasteiger partial charge in [0.25, 0.3) is 5.91 Å². The highest BCUT2D eigenvalue weighted by Crippen LogP contribution is 2.18. The molecule has 0 aliphatic heterocycles. The van der Waals surface area contributed by atoms with Crippen molar-refractivity contribution in [1.29, 1.82) is 0 Å². The second-order valence-electron chi connectivity index (χ2n) is 8.03. The lowest BCUT2D eigenvalue weighted by Gasteiger charge is -2.08. The summed E-state index contributed by atoms with van der Waals surface area (Å²) in [6.45, 7) is 2.22. The molecule has 0 aliphatic rings. The highest BCUT2D eigenvalue weighted by molar-refractivity contribution is 7.91. The van der Waals surface area contributed by atoms with Crippen LogP contribution < -0.4 is 5.32 Å². The molecular formula is C25H35NO4S. The van der Waals surface area contributed by atoms with Crippen LogP contribution in [0.4, 0.5) is 5.69 Å². The third-order valence-electron chi connectivity index (χ3n) is 5.37. The van der Waals surface area contributed by atoms with E-state index in [9.17, 15) is 18.3 Å². The number of carbonyl (C=O) groups excluding carboxylic acids is 1. The van der Waals surface area contributed by atoms with Crippen LogP contribution in [0.3, 0.4) is 0 Å². The molecular weight excluding hydrogens is 410 g/mol. The number of hydrogen-bond donors (Lipinski definition) is 2. The fourth-order valence-electron chi connectivity index (χ4n) is 3.46. The zero-order chi connectivity index (χ0) is 22.5. The first-order chi connectivity index (χ1) is 14.9. The Morgan fingerprint density at radius 1 is 0.774 bits per heavy atom. The highest BCUT2D eigenvalue weighted by Gasteiger charge is 2.15. The first-order valence-electron chi connectivity index (χ1n) is 11.4. The molecule has 0 fully saturated rings. The number of phenols is 1. The molecule has 2 aromatic carbocycles. The molecule has 2 N–H and O–H groups in total. The highest BCUT2D eigenvalue weighted by atomic mass is 32.2. The molecule has 31 heavy (non-hydrogen) atoms. The minimum atomic E-state index is -3.33. The Labute approximate surface area is 186 Å². The van der Waals surface area contributed by atoms with Gasteiger partial charge in [0.1, 0.15) is 5.75 Å². The lowest BCUT2D eigenvalue weighted by molar-refractivity contribution is 0.102. The average Bonchev–Trinajstić information content (AvgIpc) is 2.76. The van der Waals surface area contributed by atoms with Gasteiger partial charge in [-0.05, 0) is 55.0 Å². The Morgan fingerprint density at radius 3 is 1.84 bits per heavy atom. The van der Waals surface area contributed by atoms with Crippen LogP contribution >= 0.6 is 0 Å². The molecule has 0 radical (unpaired) electrons. The van der Waals surface area contributed by atoms with Gasteiger partial charge in [0.05, 0.1) is 10.6 Å². The van der Waals surface area contributed by atoms with Gasteiger partial charge < -0.3 is 10.4 Å². The van der Waals surface area contributed by atoms with Crippen LogP contribution in [0.2, 0.25) is 0 Å². The zero-order valence-corrected chi connectivity index (χ0v) is 19.3. The molecule has 0 unspecified atom stereocenters. The van der Waals surface area contributed by atoms with Crippen molar-refractivity contribution >= 4 is 21.4 Å². The molecule has 5 nitrogen and oxygen atoms in total. The summed E-state index contributed by atoms with van der Waals surface area (Å²) in [6.07, 6.45) is 11.6. The van der Waals surface area contributed by atoms with Crippen molar-refractivity contribution in [3.8, 4) is 5.75 Å². The molecule has 0 aliphatic carbocycles.